The molecule has 0 amide bonds. The van der Waals surface area contributed by atoms with Gasteiger partial charge in [-0.1, -0.05) is 19.1 Å². The molecular formula is C13H18N2O2. The molecule has 0 aliphatic heterocycles. The van der Waals surface area contributed by atoms with Gasteiger partial charge in [0.05, 0.1) is 13.2 Å². The van der Waals surface area contributed by atoms with Crippen LogP contribution in [-0.2, 0) is 11.2 Å². The Morgan fingerprint density at radius 2 is 2.24 bits per heavy atom. The lowest BCUT2D eigenvalue weighted by atomic mass is 10.2. The van der Waals surface area contributed by atoms with Crippen LogP contribution >= 0.6 is 0 Å². The molecule has 17 heavy (non-hydrogen) atoms. The van der Waals surface area contributed by atoms with Crippen molar-refractivity contribution >= 4 is 12.7 Å². The van der Waals surface area contributed by atoms with Crippen LogP contribution in [0.2, 0.25) is 0 Å². The van der Waals surface area contributed by atoms with Gasteiger partial charge in [-0.3, -0.25) is 0 Å². The topological polar surface area (TPSA) is 54.7 Å². The number of rotatable bonds is 6. The SMILES string of the molecule is C=NC(=N)OCCCOc1cccc(CC)c1. The quantitative estimate of drug-likeness (QED) is 0.467. The molecular weight excluding hydrogens is 216 g/mol. The van der Waals surface area contributed by atoms with Gasteiger partial charge in [0.15, 0.2) is 0 Å². The van der Waals surface area contributed by atoms with Gasteiger partial charge in [-0.15, -0.1) is 0 Å². The predicted molar refractivity (Wildman–Crippen MR) is 69.2 cm³/mol. The van der Waals surface area contributed by atoms with E-state index in [4.69, 9.17) is 14.9 Å². The van der Waals surface area contributed by atoms with E-state index in [-0.39, 0.29) is 6.02 Å². The monoisotopic (exact) mass is 234 g/mol. The van der Waals surface area contributed by atoms with Gasteiger partial charge >= 0.3 is 6.02 Å². The third-order valence-electron chi connectivity index (χ3n) is 2.25. The molecule has 1 aromatic carbocycles. The van der Waals surface area contributed by atoms with E-state index in [9.17, 15) is 0 Å². The summed E-state index contributed by atoms with van der Waals surface area (Å²) in [4.78, 5) is 3.34. The van der Waals surface area contributed by atoms with Crippen LogP contribution in [0.1, 0.15) is 18.9 Å². The zero-order chi connectivity index (χ0) is 12.5. The number of nitrogens with one attached hydrogen (secondary N) is 1. The highest BCUT2D eigenvalue weighted by Crippen LogP contribution is 2.13. The molecule has 0 bridgehead atoms. The van der Waals surface area contributed by atoms with E-state index in [1.807, 2.05) is 18.2 Å². The van der Waals surface area contributed by atoms with Crippen molar-refractivity contribution in [3.05, 3.63) is 29.8 Å². The summed E-state index contributed by atoms with van der Waals surface area (Å²) in [6.07, 6.45) is 1.72. The van der Waals surface area contributed by atoms with Gasteiger partial charge in [-0.05, 0) is 30.8 Å². The fourth-order valence-electron chi connectivity index (χ4n) is 1.32. The first kappa shape index (κ1) is 13.2. The second kappa shape index (κ2) is 7.44. The smallest absolute Gasteiger partial charge is 0.308 e. The van der Waals surface area contributed by atoms with Gasteiger partial charge in [0.2, 0.25) is 0 Å². The number of hydrogen-bond donors (Lipinski definition) is 1. The van der Waals surface area contributed by atoms with Gasteiger partial charge in [-0.2, -0.15) is 0 Å². The number of hydrogen-bond acceptors (Lipinski definition) is 3. The Morgan fingerprint density at radius 1 is 1.41 bits per heavy atom. The van der Waals surface area contributed by atoms with Crippen LogP contribution in [0.25, 0.3) is 0 Å². The Morgan fingerprint density at radius 3 is 2.94 bits per heavy atom. The van der Waals surface area contributed by atoms with Crippen LogP contribution in [-0.4, -0.2) is 26.0 Å². The Balaban J connectivity index is 2.21. The highest BCUT2D eigenvalue weighted by atomic mass is 16.5. The largest absolute Gasteiger partial charge is 0.493 e. The number of aliphatic imine (C=N–C) groups is 1. The van der Waals surface area contributed by atoms with Crippen molar-refractivity contribution in [2.45, 2.75) is 19.8 Å². The summed E-state index contributed by atoms with van der Waals surface area (Å²) in [7, 11) is 0. The fraction of sp³-hybridized carbons (Fsp3) is 0.385. The Hall–Kier alpha value is -1.84. The van der Waals surface area contributed by atoms with Crippen molar-refractivity contribution < 1.29 is 9.47 Å². The van der Waals surface area contributed by atoms with E-state index in [1.54, 1.807) is 0 Å². The molecule has 0 unspecified atom stereocenters. The van der Waals surface area contributed by atoms with Crippen molar-refractivity contribution in [2.75, 3.05) is 13.2 Å². The maximum atomic E-state index is 7.10. The minimum absolute atomic E-state index is 0.141. The van der Waals surface area contributed by atoms with Gasteiger partial charge < -0.3 is 9.47 Å². The summed E-state index contributed by atoms with van der Waals surface area (Å²) in [6.45, 7) is 6.30. The van der Waals surface area contributed by atoms with Crippen LogP contribution in [0.15, 0.2) is 29.3 Å². The third-order valence-corrected chi connectivity index (χ3v) is 2.25. The zero-order valence-electron chi connectivity index (χ0n) is 10.1. The first-order valence-electron chi connectivity index (χ1n) is 5.66. The van der Waals surface area contributed by atoms with Gasteiger partial charge in [0, 0.05) is 6.42 Å². The molecule has 0 aromatic heterocycles. The normalized spacial score (nSPS) is 9.71. The predicted octanol–water partition coefficient (Wildman–Crippen LogP) is 2.67. The Labute approximate surface area is 102 Å². The molecule has 0 spiro atoms. The van der Waals surface area contributed by atoms with Crippen LogP contribution in [0.3, 0.4) is 0 Å². The molecule has 92 valence electrons. The van der Waals surface area contributed by atoms with Crippen LogP contribution in [0.4, 0.5) is 0 Å². The van der Waals surface area contributed by atoms with E-state index in [0.717, 1.165) is 12.2 Å². The van der Waals surface area contributed by atoms with E-state index in [2.05, 4.69) is 24.7 Å². The van der Waals surface area contributed by atoms with Crippen LogP contribution < -0.4 is 4.74 Å². The van der Waals surface area contributed by atoms with Crippen molar-refractivity contribution in [3.63, 3.8) is 0 Å². The summed E-state index contributed by atoms with van der Waals surface area (Å²) < 4.78 is 10.5. The van der Waals surface area contributed by atoms with Crippen molar-refractivity contribution in [1.82, 2.24) is 0 Å². The van der Waals surface area contributed by atoms with Crippen LogP contribution in [0.5, 0.6) is 5.75 Å². The lowest BCUT2D eigenvalue weighted by Crippen LogP contribution is -2.06. The highest BCUT2D eigenvalue weighted by Gasteiger charge is 1.96. The fourth-order valence-corrected chi connectivity index (χ4v) is 1.32. The second-order valence-electron chi connectivity index (χ2n) is 3.51. The molecule has 0 radical (unpaired) electrons. The molecule has 0 saturated carbocycles. The van der Waals surface area contributed by atoms with Crippen LogP contribution in [0, 0.1) is 5.41 Å². The third kappa shape index (κ3) is 5.15. The van der Waals surface area contributed by atoms with Crippen molar-refractivity contribution in [2.24, 2.45) is 4.99 Å². The van der Waals surface area contributed by atoms with Gasteiger partial charge in [0.1, 0.15) is 5.75 Å². The Kier molecular flexibility index (Phi) is 5.79. The molecule has 0 aliphatic carbocycles. The second-order valence-corrected chi connectivity index (χ2v) is 3.51. The van der Waals surface area contributed by atoms with Crippen molar-refractivity contribution in [1.29, 1.82) is 5.41 Å². The number of aryl methyl sites for hydroxylation is 1. The zero-order valence-corrected chi connectivity index (χ0v) is 10.1. The summed E-state index contributed by atoms with van der Waals surface area (Å²) in [5.74, 6) is 0.876. The number of nitrogens with zero attached hydrogens (tertiary/aromatic N) is 1. The molecule has 0 heterocycles. The molecule has 0 saturated heterocycles. The first-order chi connectivity index (χ1) is 8.26. The lowest BCUT2D eigenvalue weighted by molar-refractivity contribution is 0.237. The number of ether oxygens (including phenoxy) is 2. The highest BCUT2D eigenvalue weighted by molar-refractivity contribution is 5.75. The molecule has 1 aromatic rings. The first-order valence-corrected chi connectivity index (χ1v) is 5.66. The van der Waals surface area contributed by atoms with Gasteiger partial charge in [0.25, 0.3) is 0 Å². The molecule has 0 fully saturated rings. The standard InChI is InChI=1S/C13H18N2O2/c1-3-11-6-4-7-12(10-11)16-8-5-9-17-13(14)15-2/h4,6-7,10,14H,2-3,5,8-9H2,1H3. The minimum atomic E-state index is -0.141. The van der Waals surface area contributed by atoms with Gasteiger partial charge in [-0.25, -0.2) is 10.4 Å². The van der Waals surface area contributed by atoms with E-state index >= 15 is 0 Å². The summed E-state index contributed by atoms with van der Waals surface area (Å²) in [6, 6.07) is 7.90. The van der Waals surface area contributed by atoms with E-state index in [0.29, 0.717) is 19.6 Å². The maximum absolute atomic E-state index is 7.10. The number of amidine groups is 1. The Bertz CT molecular complexity index is 377. The van der Waals surface area contributed by atoms with E-state index in [1.165, 1.54) is 5.56 Å². The molecule has 0 aliphatic rings. The average molecular weight is 234 g/mol. The molecule has 1 rings (SSSR count). The molecule has 4 nitrogen and oxygen atoms in total. The number of benzene rings is 1. The maximum Gasteiger partial charge on any atom is 0.308 e. The molecule has 0 atom stereocenters. The van der Waals surface area contributed by atoms with Crippen molar-refractivity contribution in [3.8, 4) is 5.75 Å². The molecule has 4 heteroatoms. The van der Waals surface area contributed by atoms with E-state index < -0.39 is 0 Å². The summed E-state index contributed by atoms with van der Waals surface area (Å²) in [5.41, 5.74) is 1.26. The summed E-state index contributed by atoms with van der Waals surface area (Å²) in [5, 5.41) is 7.10. The summed E-state index contributed by atoms with van der Waals surface area (Å²) >= 11 is 0. The average Bonchev–Trinajstić information content (AvgIpc) is 2.38. The lowest BCUT2D eigenvalue weighted by Gasteiger charge is -2.07. The molecule has 1 N–H and O–H groups in total. The minimum Gasteiger partial charge on any atom is -0.493 e.